The van der Waals surface area contributed by atoms with E-state index in [2.05, 4.69) is 0 Å². The van der Waals surface area contributed by atoms with Gasteiger partial charge in [0, 0.05) is 4.90 Å². The molecule has 0 saturated carbocycles. The Hall–Kier alpha value is -3.51. The number of aryl methyl sites for hydroxylation is 1. The van der Waals surface area contributed by atoms with E-state index < -0.39 is 0 Å². The minimum Gasteiger partial charge on any atom is -0.493 e. The van der Waals surface area contributed by atoms with Crippen LogP contribution in [0.1, 0.15) is 11.1 Å². The van der Waals surface area contributed by atoms with Crippen LogP contribution in [0.15, 0.2) is 82.6 Å². The van der Waals surface area contributed by atoms with E-state index in [1.807, 2.05) is 55.5 Å². The molecule has 0 fully saturated rings. The summed E-state index contributed by atoms with van der Waals surface area (Å²) in [5.74, 6) is 0.345. The highest BCUT2D eigenvalue weighted by Crippen LogP contribution is 2.43. The van der Waals surface area contributed by atoms with Gasteiger partial charge in [-0.05, 0) is 54.4 Å². The monoisotopic (exact) mass is 431 g/mol. The number of imide groups is 1. The van der Waals surface area contributed by atoms with Gasteiger partial charge in [0.1, 0.15) is 0 Å². The van der Waals surface area contributed by atoms with Crippen LogP contribution in [0.5, 0.6) is 11.5 Å². The van der Waals surface area contributed by atoms with E-state index in [1.165, 1.54) is 23.8 Å². The summed E-state index contributed by atoms with van der Waals surface area (Å²) in [7, 11) is 3.09. The first-order valence-corrected chi connectivity index (χ1v) is 10.5. The van der Waals surface area contributed by atoms with Gasteiger partial charge in [-0.1, -0.05) is 48.2 Å². The van der Waals surface area contributed by atoms with Gasteiger partial charge in [0.05, 0.1) is 30.4 Å². The number of rotatable bonds is 6. The molecule has 4 rings (SSSR count). The van der Waals surface area contributed by atoms with Gasteiger partial charge in [0.2, 0.25) is 0 Å². The average molecular weight is 432 g/mol. The van der Waals surface area contributed by atoms with Crippen molar-refractivity contribution in [2.45, 2.75) is 11.8 Å². The Bertz CT molecular complexity index is 1190. The van der Waals surface area contributed by atoms with E-state index in [9.17, 15) is 9.59 Å². The maximum Gasteiger partial charge on any atom is 0.272 e. The third-order valence-electron chi connectivity index (χ3n) is 4.94. The molecule has 3 aromatic carbocycles. The van der Waals surface area contributed by atoms with Crippen LogP contribution < -0.4 is 14.4 Å². The quantitative estimate of drug-likeness (QED) is 0.509. The number of amides is 2. The minimum absolute atomic E-state index is 0.339. The predicted molar refractivity (Wildman–Crippen MR) is 122 cm³/mol. The molecule has 3 aromatic rings. The van der Waals surface area contributed by atoms with E-state index in [4.69, 9.17) is 9.47 Å². The second-order valence-corrected chi connectivity index (χ2v) is 8.06. The van der Waals surface area contributed by atoms with Crippen molar-refractivity contribution in [1.82, 2.24) is 0 Å². The topological polar surface area (TPSA) is 55.8 Å². The fraction of sp³-hybridized carbons (Fsp3) is 0.120. The van der Waals surface area contributed by atoms with Crippen molar-refractivity contribution in [2.75, 3.05) is 19.1 Å². The number of benzene rings is 3. The molecule has 0 bridgehead atoms. The number of thioether (sulfide) groups is 1. The molecule has 31 heavy (non-hydrogen) atoms. The lowest BCUT2D eigenvalue weighted by molar-refractivity contribution is -0.119. The highest BCUT2D eigenvalue weighted by Gasteiger charge is 2.40. The van der Waals surface area contributed by atoms with Gasteiger partial charge >= 0.3 is 0 Å². The fourth-order valence-electron chi connectivity index (χ4n) is 3.46. The molecule has 1 aliphatic heterocycles. The van der Waals surface area contributed by atoms with Crippen molar-refractivity contribution in [3.63, 3.8) is 0 Å². The van der Waals surface area contributed by atoms with Crippen LogP contribution in [-0.2, 0) is 9.59 Å². The maximum absolute atomic E-state index is 13.5. The molecule has 0 atom stereocenters. The zero-order valence-corrected chi connectivity index (χ0v) is 18.2. The van der Waals surface area contributed by atoms with Gasteiger partial charge in [-0.2, -0.15) is 0 Å². The van der Waals surface area contributed by atoms with Crippen molar-refractivity contribution in [3.05, 3.63) is 88.8 Å². The van der Waals surface area contributed by atoms with Crippen LogP contribution in [0, 0.1) is 6.92 Å². The molecule has 0 spiro atoms. The number of hydrogen-bond acceptors (Lipinski definition) is 5. The fourth-order valence-corrected chi connectivity index (χ4v) is 4.47. The Kier molecular flexibility index (Phi) is 5.82. The molecule has 0 N–H and O–H groups in total. The van der Waals surface area contributed by atoms with Crippen LogP contribution in [0.3, 0.4) is 0 Å². The number of methoxy groups -OCH3 is 2. The van der Waals surface area contributed by atoms with Gasteiger partial charge in [0.15, 0.2) is 11.5 Å². The van der Waals surface area contributed by atoms with E-state index >= 15 is 0 Å². The zero-order chi connectivity index (χ0) is 22.0. The molecule has 0 radical (unpaired) electrons. The van der Waals surface area contributed by atoms with Crippen molar-refractivity contribution in [1.29, 1.82) is 0 Å². The van der Waals surface area contributed by atoms with Crippen LogP contribution in [0.2, 0.25) is 0 Å². The standard InChI is InChI=1S/C25H21NO4S/c1-16-8-7-9-18(14-16)26-24(27)22(17-12-13-20(29-2)21(15-17)30-3)23(25(26)28)31-19-10-5-4-6-11-19/h4-15H,1-3H3. The summed E-state index contributed by atoms with van der Waals surface area (Å²) in [6, 6.07) is 22.1. The molecule has 0 aliphatic carbocycles. The molecule has 1 heterocycles. The van der Waals surface area contributed by atoms with Crippen LogP contribution in [-0.4, -0.2) is 26.0 Å². The molecular formula is C25H21NO4S. The van der Waals surface area contributed by atoms with Gasteiger partial charge in [0.25, 0.3) is 11.8 Å². The third-order valence-corrected chi connectivity index (χ3v) is 6.03. The summed E-state index contributed by atoms with van der Waals surface area (Å²) < 4.78 is 10.7. The molecule has 6 heteroatoms. The number of anilines is 1. The largest absolute Gasteiger partial charge is 0.493 e. The molecule has 0 aromatic heterocycles. The van der Waals surface area contributed by atoms with Gasteiger partial charge in [-0.25, -0.2) is 4.90 Å². The summed E-state index contributed by atoms with van der Waals surface area (Å²) in [5, 5.41) is 0. The van der Waals surface area contributed by atoms with E-state index in [0.717, 1.165) is 10.5 Å². The number of carbonyl (C=O) groups excluding carboxylic acids is 2. The van der Waals surface area contributed by atoms with E-state index in [-0.39, 0.29) is 11.8 Å². The zero-order valence-electron chi connectivity index (χ0n) is 17.4. The lowest BCUT2D eigenvalue weighted by atomic mass is 10.1. The minimum atomic E-state index is -0.360. The van der Waals surface area contributed by atoms with Crippen LogP contribution in [0.4, 0.5) is 5.69 Å². The maximum atomic E-state index is 13.5. The number of hydrogen-bond donors (Lipinski definition) is 0. The van der Waals surface area contributed by atoms with Crippen molar-refractivity contribution in [3.8, 4) is 11.5 Å². The first-order chi connectivity index (χ1) is 15.0. The first-order valence-electron chi connectivity index (χ1n) is 9.68. The Morgan fingerprint density at radius 1 is 0.774 bits per heavy atom. The second-order valence-electron chi connectivity index (χ2n) is 6.97. The molecule has 5 nitrogen and oxygen atoms in total. The average Bonchev–Trinajstić information content (AvgIpc) is 3.03. The highest BCUT2D eigenvalue weighted by molar-refractivity contribution is 8.04. The lowest BCUT2D eigenvalue weighted by Gasteiger charge is -2.16. The van der Waals surface area contributed by atoms with Crippen molar-refractivity contribution < 1.29 is 19.1 Å². The Balaban J connectivity index is 1.85. The van der Waals surface area contributed by atoms with Gasteiger partial charge in [-0.3, -0.25) is 9.59 Å². The summed E-state index contributed by atoms with van der Waals surface area (Å²) in [5.41, 5.74) is 2.47. The first kappa shape index (κ1) is 20.8. The predicted octanol–water partition coefficient (Wildman–Crippen LogP) is 5.09. The second kappa shape index (κ2) is 8.70. The Morgan fingerprint density at radius 2 is 1.52 bits per heavy atom. The SMILES string of the molecule is COc1ccc(C2=C(Sc3ccccc3)C(=O)N(c3cccc(C)c3)C2=O)cc1OC. The summed E-state index contributed by atoms with van der Waals surface area (Å²) in [4.78, 5) is 29.5. The molecule has 0 saturated heterocycles. The summed E-state index contributed by atoms with van der Waals surface area (Å²) in [6.45, 7) is 1.93. The Labute approximate surface area is 185 Å². The molecule has 2 amide bonds. The lowest BCUT2D eigenvalue weighted by Crippen LogP contribution is -2.31. The summed E-state index contributed by atoms with van der Waals surface area (Å²) in [6.07, 6.45) is 0. The third kappa shape index (κ3) is 3.94. The normalized spacial score (nSPS) is 13.7. The molecule has 1 aliphatic rings. The number of carbonyl (C=O) groups is 2. The van der Waals surface area contributed by atoms with Gasteiger partial charge < -0.3 is 9.47 Å². The number of ether oxygens (including phenoxy) is 2. The van der Waals surface area contributed by atoms with Crippen molar-refractivity contribution >= 4 is 34.8 Å². The van der Waals surface area contributed by atoms with Crippen LogP contribution >= 0.6 is 11.8 Å². The highest BCUT2D eigenvalue weighted by atomic mass is 32.2. The Morgan fingerprint density at radius 3 is 2.19 bits per heavy atom. The van der Waals surface area contributed by atoms with Gasteiger partial charge in [-0.15, -0.1) is 0 Å². The van der Waals surface area contributed by atoms with E-state index in [0.29, 0.717) is 33.2 Å². The number of nitrogens with zero attached hydrogens (tertiary/aromatic N) is 1. The molecular weight excluding hydrogens is 410 g/mol. The van der Waals surface area contributed by atoms with Crippen LogP contribution in [0.25, 0.3) is 5.57 Å². The van der Waals surface area contributed by atoms with Crippen molar-refractivity contribution in [2.24, 2.45) is 0 Å². The summed E-state index contributed by atoms with van der Waals surface area (Å²) >= 11 is 1.29. The molecule has 0 unspecified atom stereocenters. The smallest absolute Gasteiger partial charge is 0.272 e. The molecule has 156 valence electrons. The van der Waals surface area contributed by atoms with E-state index in [1.54, 1.807) is 31.4 Å².